The molecule has 0 aliphatic carbocycles. The summed E-state index contributed by atoms with van der Waals surface area (Å²) in [5.74, 6) is 1.46. The summed E-state index contributed by atoms with van der Waals surface area (Å²) < 4.78 is 6.09. The molecule has 1 aromatic carbocycles. The lowest BCUT2D eigenvalue weighted by atomic mass is 10.1. The Morgan fingerprint density at radius 3 is 2.67 bits per heavy atom. The number of nitrogens with one attached hydrogen (secondary N) is 2. The first-order chi connectivity index (χ1) is 13.9. The molecule has 1 amide bonds. The van der Waals surface area contributed by atoms with Crippen molar-refractivity contribution >= 4 is 47.2 Å². The second kappa shape index (κ2) is 13.5. The van der Waals surface area contributed by atoms with Gasteiger partial charge >= 0.3 is 0 Å². The first kappa shape index (κ1) is 26.2. The molecule has 8 heteroatoms. The lowest BCUT2D eigenvalue weighted by Crippen LogP contribution is -2.42. The van der Waals surface area contributed by atoms with Crippen LogP contribution in [0, 0.1) is 6.92 Å². The molecule has 1 aromatic heterocycles. The summed E-state index contributed by atoms with van der Waals surface area (Å²) in [6.45, 7) is 7.53. The number of guanidine groups is 1. The Morgan fingerprint density at radius 2 is 2.03 bits per heavy atom. The van der Waals surface area contributed by atoms with Crippen LogP contribution in [0.15, 0.2) is 40.7 Å². The maximum atomic E-state index is 12.0. The van der Waals surface area contributed by atoms with E-state index in [1.807, 2.05) is 11.4 Å². The maximum Gasteiger partial charge on any atom is 0.241 e. The van der Waals surface area contributed by atoms with E-state index in [9.17, 15) is 4.79 Å². The van der Waals surface area contributed by atoms with E-state index in [2.05, 4.69) is 55.7 Å². The van der Waals surface area contributed by atoms with Crippen molar-refractivity contribution in [1.82, 2.24) is 15.5 Å². The molecule has 166 valence electrons. The number of benzene rings is 1. The fraction of sp³-hybridized carbons (Fsp3) is 0.455. The zero-order valence-corrected chi connectivity index (χ0v) is 21.5. The first-order valence-corrected chi connectivity index (χ1v) is 10.8. The third-order valence-corrected chi connectivity index (χ3v) is 5.33. The number of hydrogen-bond donors (Lipinski definition) is 2. The number of nitrogens with zero attached hydrogens (tertiary/aromatic N) is 2. The standard InChI is InChI=1S/C22H32N4O2S.HI/c1-6-17(3)28-20-12-16(2)9-10-18(20)13-23-22(25-15-21(27)26(4)5)24-14-19-8-7-11-29-19;/h7-12,17H,6,13-15H2,1-5H3,(H2,23,24,25);1H. The molecule has 2 rings (SSSR count). The van der Waals surface area contributed by atoms with Gasteiger partial charge in [-0.3, -0.25) is 4.79 Å². The number of ether oxygens (including phenoxy) is 1. The van der Waals surface area contributed by atoms with Crippen molar-refractivity contribution in [1.29, 1.82) is 0 Å². The molecule has 30 heavy (non-hydrogen) atoms. The third kappa shape index (κ3) is 8.91. The van der Waals surface area contributed by atoms with Gasteiger partial charge in [0.15, 0.2) is 5.96 Å². The number of likely N-dealkylation sites (N-methyl/N-ethyl adjacent to an activating group) is 1. The minimum atomic E-state index is -0.00764. The van der Waals surface area contributed by atoms with Gasteiger partial charge in [0, 0.05) is 24.5 Å². The van der Waals surface area contributed by atoms with E-state index >= 15 is 0 Å². The molecule has 2 N–H and O–H groups in total. The molecule has 0 bridgehead atoms. The molecule has 2 aromatic rings. The maximum absolute atomic E-state index is 12.0. The second-order valence-corrected chi connectivity index (χ2v) is 8.22. The van der Waals surface area contributed by atoms with Gasteiger partial charge in [-0.2, -0.15) is 0 Å². The van der Waals surface area contributed by atoms with Gasteiger partial charge in [-0.1, -0.05) is 25.1 Å². The number of thiophene rings is 1. The van der Waals surface area contributed by atoms with Crippen molar-refractivity contribution in [2.24, 2.45) is 4.99 Å². The number of halogens is 1. The fourth-order valence-corrected chi connectivity index (χ4v) is 3.09. The number of amides is 1. The van der Waals surface area contributed by atoms with E-state index in [1.54, 1.807) is 30.3 Å². The molecule has 0 saturated heterocycles. The van der Waals surface area contributed by atoms with Crippen LogP contribution in [0.3, 0.4) is 0 Å². The monoisotopic (exact) mass is 544 g/mol. The molecule has 6 nitrogen and oxygen atoms in total. The molecular weight excluding hydrogens is 511 g/mol. The highest BCUT2D eigenvalue weighted by Gasteiger charge is 2.10. The number of aliphatic imine (C=N–C) groups is 1. The SMILES string of the molecule is CCC(C)Oc1cc(C)ccc1CN=C(NCC(=O)N(C)C)NCc1cccs1.I. The van der Waals surface area contributed by atoms with Gasteiger partial charge in [0.05, 0.1) is 25.7 Å². The first-order valence-electron chi connectivity index (χ1n) is 9.90. The number of carbonyl (C=O) groups excluding carboxylic acids is 1. The van der Waals surface area contributed by atoms with Gasteiger partial charge in [0.25, 0.3) is 0 Å². The summed E-state index contributed by atoms with van der Waals surface area (Å²) in [6, 6.07) is 10.3. The lowest BCUT2D eigenvalue weighted by Gasteiger charge is -2.17. The molecule has 0 saturated carbocycles. The molecule has 0 spiro atoms. The van der Waals surface area contributed by atoms with Crippen LogP contribution in [0.5, 0.6) is 5.75 Å². The largest absolute Gasteiger partial charge is 0.490 e. The van der Waals surface area contributed by atoms with Crippen LogP contribution in [-0.4, -0.2) is 43.5 Å². The van der Waals surface area contributed by atoms with Crippen molar-refractivity contribution in [2.45, 2.75) is 46.4 Å². The Balaban J connectivity index is 0.00000450. The smallest absolute Gasteiger partial charge is 0.241 e. The Labute approximate surface area is 201 Å². The van der Waals surface area contributed by atoms with Crippen molar-refractivity contribution in [2.75, 3.05) is 20.6 Å². The Kier molecular flexibility index (Phi) is 11.8. The van der Waals surface area contributed by atoms with Crippen LogP contribution in [-0.2, 0) is 17.9 Å². The summed E-state index contributed by atoms with van der Waals surface area (Å²) in [5, 5.41) is 8.48. The molecule has 1 unspecified atom stereocenters. The van der Waals surface area contributed by atoms with E-state index in [-0.39, 0.29) is 42.5 Å². The highest BCUT2D eigenvalue weighted by Crippen LogP contribution is 2.23. The zero-order valence-electron chi connectivity index (χ0n) is 18.4. The van der Waals surface area contributed by atoms with Crippen molar-refractivity contribution < 1.29 is 9.53 Å². The minimum Gasteiger partial charge on any atom is -0.490 e. The van der Waals surface area contributed by atoms with E-state index in [0.29, 0.717) is 19.0 Å². The fourth-order valence-electron chi connectivity index (χ4n) is 2.44. The highest BCUT2D eigenvalue weighted by atomic mass is 127. The third-order valence-electron chi connectivity index (χ3n) is 4.45. The van der Waals surface area contributed by atoms with Gasteiger partial charge in [-0.05, 0) is 43.3 Å². The van der Waals surface area contributed by atoms with Crippen LogP contribution in [0.4, 0.5) is 0 Å². The average Bonchev–Trinajstić information content (AvgIpc) is 3.21. The lowest BCUT2D eigenvalue weighted by molar-refractivity contribution is -0.127. The van der Waals surface area contributed by atoms with E-state index in [0.717, 1.165) is 23.3 Å². The molecule has 0 aliphatic heterocycles. The van der Waals surface area contributed by atoms with Gasteiger partial charge in [-0.25, -0.2) is 4.99 Å². The van der Waals surface area contributed by atoms with Crippen molar-refractivity contribution in [3.8, 4) is 5.75 Å². The zero-order chi connectivity index (χ0) is 21.2. The minimum absolute atomic E-state index is 0. The van der Waals surface area contributed by atoms with Crippen LogP contribution in [0.25, 0.3) is 0 Å². The molecule has 1 heterocycles. The molecule has 1 atom stereocenters. The van der Waals surface area contributed by atoms with E-state index in [4.69, 9.17) is 9.73 Å². The number of rotatable bonds is 9. The molecule has 0 radical (unpaired) electrons. The summed E-state index contributed by atoms with van der Waals surface area (Å²) in [5.41, 5.74) is 2.17. The van der Waals surface area contributed by atoms with Crippen molar-refractivity contribution in [3.05, 3.63) is 51.7 Å². The molecule has 0 fully saturated rings. The van der Waals surface area contributed by atoms with Crippen LogP contribution in [0.2, 0.25) is 0 Å². The van der Waals surface area contributed by atoms with Gasteiger partial charge in [-0.15, -0.1) is 35.3 Å². The topological polar surface area (TPSA) is 66.0 Å². The number of carbonyl (C=O) groups is 1. The quantitative estimate of drug-likeness (QED) is 0.283. The Bertz CT molecular complexity index is 809. The van der Waals surface area contributed by atoms with E-state index < -0.39 is 0 Å². The van der Waals surface area contributed by atoms with Gasteiger partial charge < -0.3 is 20.3 Å². The van der Waals surface area contributed by atoms with Gasteiger partial charge in [0.2, 0.25) is 5.91 Å². The van der Waals surface area contributed by atoms with Crippen LogP contribution < -0.4 is 15.4 Å². The molecular formula is C22H33IN4O2S. The summed E-state index contributed by atoms with van der Waals surface area (Å²) in [6.07, 6.45) is 1.09. The van der Waals surface area contributed by atoms with Crippen molar-refractivity contribution in [3.63, 3.8) is 0 Å². The van der Waals surface area contributed by atoms with E-state index in [1.165, 1.54) is 4.88 Å². The normalized spacial score (nSPS) is 12.0. The Morgan fingerprint density at radius 1 is 1.27 bits per heavy atom. The van der Waals surface area contributed by atoms with Gasteiger partial charge in [0.1, 0.15) is 5.75 Å². The number of aryl methyl sites for hydroxylation is 1. The molecule has 0 aliphatic rings. The number of hydrogen-bond acceptors (Lipinski definition) is 4. The predicted molar refractivity (Wildman–Crippen MR) is 136 cm³/mol. The summed E-state index contributed by atoms with van der Waals surface area (Å²) in [4.78, 5) is 19.4. The average molecular weight is 545 g/mol. The van der Waals surface area contributed by atoms with Crippen LogP contribution >= 0.6 is 35.3 Å². The second-order valence-electron chi connectivity index (χ2n) is 7.19. The summed E-state index contributed by atoms with van der Waals surface area (Å²) in [7, 11) is 3.48. The Hall–Kier alpha value is -1.81. The predicted octanol–water partition coefficient (Wildman–Crippen LogP) is 4.18. The summed E-state index contributed by atoms with van der Waals surface area (Å²) >= 11 is 1.68. The van der Waals surface area contributed by atoms with Crippen LogP contribution in [0.1, 0.15) is 36.3 Å². The highest BCUT2D eigenvalue weighted by molar-refractivity contribution is 14.0.